The Hall–Kier alpha value is -0.0800. The summed E-state index contributed by atoms with van der Waals surface area (Å²) in [5.41, 5.74) is 0. The Bertz CT molecular complexity index is 211. The normalized spacial score (nSPS) is 38.8. The van der Waals surface area contributed by atoms with E-state index in [-0.39, 0.29) is 0 Å². The summed E-state index contributed by atoms with van der Waals surface area (Å²) in [5.74, 6) is 0.900. The molecule has 0 saturated carbocycles. The van der Waals surface area contributed by atoms with Gasteiger partial charge >= 0.3 is 0 Å². The van der Waals surface area contributed by atoms with E-state index in [1.165, 1.54) is 45.2 Å². The van der Waals surface area contributed by atoms with Gasteiger partial charge in [-0.1, -0.05) is 13.3 Å². The molecule has 2 saturated heterocycles. The van der Waals surface area contributed by atoms with Gasteiger partial charge in [0.15, 0.2) is 0 Å². The van der Waals surface area contributed by atoms with E-state index in [0.717, 1.165) is 24.0 Å². The summed E-state index contributed by atoms with van der Waals surface area (Å²) >= 11 is 0. The van der Waals surface area contributed by atoms with Crippen molar-refractivity contribution < 1.29 is 0 Å². The van der Waals surface area contributed by atoms with Crippen LogP contribution in [0.5, 0.6) is 0 Å². The lowest BCUT2D eigenvalue weighted by Gasteiger charge is -2.33. The highest BCUT2D eigenvalue weighted by atomic mass is 15.2. The van der Waals surface area contributed by atoms with Crippen LogP contribution in [0.2, 0.25) is 0 Å². The van der Waals surface area contributed by atoms with Crippen LogP contribution in [0.4, 0.5) is 0 Å². The van der Waals surface area contributed by atoms with Gasteiger partial charge in [0.1, 0.15) is 0 Å². The first kappa shape index (κ1) is 12.4. The summed E-state index contributed by atoms with van der Waals surface area (Å²) in [6, 6.07) is 2.34. The van der Waals surface area contributed by atoms with Crippen molar-refractivity contribution in [3.05, 3.63) is 0 Å². The van der Waals surface area contributed by atoms with Crippen LogP contribution in [-0.2, 0) is 0 Å². The maximum absolute atomic E-state index is 3.67. The van der Waals surface area contributed by atoms with E-state index in [2.05, 4.69) is 31.0 Å². The van der Waals surface area contributed by atoms with Gasteiger partial charge < -0.3 is 5.32 Å². The van der Waals surface area contributed by atoms with Gasteiger partial charge in [0.2, 0.25) is 0 Å². The van der Waals surface area contributed by atoms with Crippen LogP contribution in [0, 0.1) is 5.92 Å². The zero-order chi connectivity index (χ0) is 11.5. The van der Waals surface area contributed by atoms with Crippen molar-refractivity contribution in [2.45, 2.75) is 71.0 Å². The Morgan fingerprint density at radius 3 is 2.69 bits per heavy atom. The number of rotatable bonds is 3. The quantitative estimate of drug-likeness (QED) is 0.793. The van der Waals surface area contributed by atoms with Crippen LogP contribution >= 0.6 is 0 Å². The highest BCUT2D eigenvalue weighted by Gasteiger charge is 2.30. The summed E-state index contributed by atoms with van der Waals surface area (Å²) in [7, 11) is 0. The molecule has 2 heterocycles. The number of hydrogen-bond donors (Lipinski definition) is 1. The molecule has 2 nitrogen and oxygen atoms in total. The van der Waals surface area contributed by atoms with Crippen LogP contribution in [0.15, 0.2) is 0 Å². The molecular formula is C14H28N2. The monoisotopic (exact) mass is 224 g/mol. The second-order valence-corrected chi connectivity index (χ2v) is 6.12. The van der Waals surface area contributed by atoms with Gasteiger partial charge in [0.05, 0.1) is 0 Å². The van der Waals surface area contributed by atoms with Crippen molar-refractivity contribution in [1.82, 2.24) is 10.2 Å². The third-order valence-corrected chi connectivity index (χ3v) is 4.44. The van der Waals surface area contributed by atoms with E-state index in [1.54, 1.807) is 0 Å². The average molecular weight is 224 g/mol. The maximum atomic E-state index is 3.67. The topological polar surface area (TPSA) is 15.3 Å². The number of piperidine rings is 1. The Balaban J connectivity index is 1.80. The molecule has 4 atom stereocenters. The number of hydrogen-bond acceptors (Lipinski definition) is 2. The molecule has 94 valence electrons. The first-order valence-corrected chi connectivity index (χ1v) is 7.16. The fourth-order valence-corrected chi connectivity index (χ4v) is 3.62. The second kappa shape index (κ2) is 5.50. The molecule has 1 N–H and O–H groups in total. The Morgan fingerprint density at radius 2 is 2.12 bits per heavy atom. The third-order valence-electron chi connectivity index (χ3n) is 4.44. The van der Waals surface area contributed by atoms with E-state index in [1.807, 2.05) is 0 Å². The minimum Gasteiger partial charge on any atom is -0.314 e. The molecule has 0 spiro atoms. The van der Waals surface area contributed by atoms with Crippen LogP contribution in [-0.4, -0.2) is 36.1 Å². The second-order valence-electron chi connectivity index (χ2n) is 6.12. The summed E-state index contributed by atoms with van der Waals surface area (Å²) < 4.78 is 0. The summed E-state index contributed by atoms with van der Waals surface area (Å²) in [4.78, 5) is 2.72. The zero-order valence-electron chi connectivity index (χ0n) is 11.2. The van der Waals surface area contributed by atoms with E-state index < -0.39 is 0 Å². The standard InChI is InChI=1S/C14H28N2/c1-11-8-12(2)16(10-11)13(3)9-14-6-4-5-7-15-14/h11-15H,4-10H2,1-3H3. The smallest absolute Gasteiger partial charge is 0.00846 e. The van der Waals surface area contributed by atoms with Crippen LogP contribution in [0.25, 0.3) is 0 Å². The Morgan fingerprint density at radius 1 is 1.31 bits per heavy atom. The maximum Gasteiger partial charge on any atom is 0.00846 e. The SMILES string of the molecule is CC1CC(C)N(C(C)CC2CCCCN2)C1. The van der Waals surface area contributed by atoms with Gasteiger partial charge in [-0.3, -0.25) is 4.90 Å². The minimum atomic E-state index is 0.760. The average Bonchev–Trinajstić information content (AvgIpc) is 2.59. The molecule has 0 aromatic carbocycles. The molecule has 0 aliphatic carbocycles. The van der Waals surface area contributed by atoms with Crippen molar-refractivity contribution in [1.29, 1.82) is 0 Å². The molecule has 2 aliphatic rings. The third kappa shape index (κ3) is 2.98. The predicted molar refractivity (Wildman–Crippen MR) is 69.7 cm³/mol. The molecule has 0 bridgehead atoms. The predicted octanol–water partition coefficient (Wildman–Crippen LogP) is 2.64. The lowest BCUT2D eigenvalue weighted by Crippen LogP contribution is -2.43. The Kier molecular flexibility index (Phi) is 4.26. The highest BCUT2D eigenvalue weighted by molar-refractivity contribution is 4.86. The van der Waals surface area contributed by atoms with Crippen LogP contribution in [0.1, 0.15) is 52.9 Å². The van der Waals surface area contributed by atoms with Crippen LogP contribution < -0.4 is 5.32 Å². The van der Waals surface area contributed by atoms with Gasteiger partial charge in [-0.2, -0.15) is 0 Å². The lowest BCUT2D eigenvalue weighted by atomic mass is 9.98. The molecule has 2 rings (SSSR count). The minimum absolute atomic E-state index is 0.760. The number of likely N-dealkylation sites (tertiary alicyclic amines) is 1. The molecule has 2 fully saturated rings. The fourth-order valence-electron chi connectivity index (χ4n) is 3.62. The Labute approximate surface area is 101 Å². The largest absolute Gasteiger partial charge is 0.314 e. The fraction of sp³-hybridized carbons (Fsp3) is 1.00. The lowest BCUT2D eigenvalue weighted by molar-refractivity contribution is 0.171. The zero-order valence-corrected chi connectivity index (χ0v) is 11.2. The molecule has 2 heteroatoms. The first-order chi connectivity index (χ1) is 7.66. The first-order valence-electron chi connectivity index (χ1n) is 7.16. The number of nitrogens with one attached hydrogen (secondary N) is 1. The molecule has 4 unspecified atom stereocenters. The van der Waals surface area contributed by atoms with Crippen molar-refractivity contribution in [3.63, 3.8) is 0 Å². The van der Waals surface area contributed by atoms with E-state index in [0.29, 0.717) is 0 Å². The summed E-state index contributed by atoms with van der Waals surface area (Å²) in [6.45, 7) is 9.76. The van der Waals surface area contributed by atoms with E-state index >= 15 is 0 Å². The van der Waals surface area contributed by atoms with Gasteiger partial charge in [-0.05, 0) is 52.0 Å². The van der Waals surface area contributed by atoms with Crippen molar-refractivity contribution >= 4 is 0 Å². The molecule has 2 aliphatic heterocycles. The van der Waals surface area contributed by atoms with Gasteiger partial charge in [0.25, 0.3) is 0 Å². The van der Waals surface area contributed by atoms with Gasteiger partial charge in [0, 0.05) is 24.7 Å². The highest BCUT2D eigenvalue weighted by Crippen LogP contribution is 2.26. The summed E-state index contributed by atoms with van der Waals surface area (Å²) in [5, 5.41) is 3.67. The molecule has 0 radical (unpaired) electrons. The van der Waals surface area contributed by atoms with Crippen LogP contribution in [0.3, 0.4) is 0 Å². The summed E-state index contributed by atoms with van der Waals surface area (Å²) in [6.07, 6.45) is 6.93. The van der Waals surface area contributed by atoms with Gasteiger partial charge in [-0.25, -0.2) is 0 Å². The van der Waals surface area contributed by atoms with Gasteiger partial charge in [-0.15, -0.1) is 0 Å². The van der Waals surface area contributed by atoms with Crippen molar-refractivity contribution in [2.75, 3.05) is 13.1 Å². The molecule has 0 aromatic heterocycles. The van der Waals surface area contributed by atoms with E-state index in [4.69, 9.17) is 0 Å². The molecule has 16 heavy (non-hydrogen) atoms. The van der Waals surface area contributed by atoms with Crippen molar-refractivity contribution in [2.24, 2.45) is 5.92 Å². The van der Waals surface area contributed by atoms with Crippen molar-refractivity contribution in [3.8, 4) is 0 Å². The molecule has 0 amide bonds. The molecular weight excluding hydrogens is 196 g/mol. The van der Waals surface area contributed by atoms with E-state index in [9.17, 15) is 0 Å². The molecule has 0 aromatic rings. The number of nitrogens with zero attached hydrogens (tertiary/aromatic N) is 1.